The van der Waals surface area contributed by atoms with Gasteiger partial charge in [0.1, 0.15) is 0 Å². The Labute approximate surface area is 154 Å². The van der Waals surface area contributed by atoms with Crippen LogP contribution in [0.25, 0.3) is 6.08 Å². The van der Waals surface area contributed by atoms with E-state index in [1.165, 1.54) is 16.5 Å². The molecular formula is C21H25NO2S. The van der Waals surface area contributed by atoms with Crippen LogP contribution in [0.1, 0.15) is 24.5 Å². The third kappa shape index (κ3) is 7.16. The lowest BCUT2D eigenvalue weighted by Crippen LogP contribution is -2.40. The number of carbonyl (C=O) groups excluding carboxylic acids is 1. The average molecular weight is 356 g/mol. The highest BCUT2D eigenvalue weighted by molar-refractivity contribution is 7.98. The summed E-state index contributed by atoms with van der Waals surface area (Å²) in [4.78, 5) is 13.1. The van der Waals surface area contributed by atoms with Gasteiger partial charge >= 0.3 is 0 Å². The maximum Gasteiger partial charge on any atom is 0.244 e. The largest absolute Gasteiger partial charge is 0.388 e. The SMILES string of the molecule is CSc1ccc(/C=C/C(=O)NC[C@](C)(O)CCc2ccccc2)cc1. The number of rotatable bonds is 8. The van der Waals surface area contributed by atoms with Gasteiger partial charge in [-0.05, 0) is 55.4 Å². The number of thioether (sulfide) groups is 1. The number of carbonyl (C=O) groups is 1. The standard InChI is InChI=1S/C21H25NO2S/c1-21(24,15-14-17-6-4-3-5-7-17)16-22-20(23)13-10-18-8-11-19(25-2)12-9-18/h3-13,24H,14-16H2,1-2H3,(H,22,23)/b13-10+/t21-/m1/s1. The molecule has 4 heteroatoms. The van der Waals surface area contributed by atoms with E-state index in [0.29, 0.717) is 6.42 Å². The molecule has 0 saturated carbocycles. The molecule has 25 heavy (non-hydrogen) atoms. The molecule has 0 unspecified atom stereocenters. The summed E-state index contributed by atoms with van der Waals surface area (Å²) in [6, 6.07) is 18.0. The van der Waals surface area contributed by atoms with Crippen molar-refractivity contribution in [1.29, 1.82) is 0 Å². The molecule has 0 heterocycles. The molecule has 0 fully saturated rings. The number of aryl methyl sites for hydroxylation is 1. The highest BCUT2D eigenvalue weighted by Gasteiger charge is 2.20. The first-order valence-electron chi connectivity index (χ1n) is 8.35. The smallest absolute Gasteiger partial charge is 0.244 e. The van der Waals surface area contributed by atoms with Crippen molar-refractivity contribution in [2.75, 3.05) is 12.8 Å². The Hall–Kier alpha value is -2.04. The highest BCUT2D eigenvalue weighted by Crippen LogP contribution is 2.16. The number of hydrogen-bond acceptors (Lipinski definition) is 3. The van der Waals surface area contributed by atoms with Gasteiger partial charge in [0.05, 0.1) is 5.60 Å². The molecule has 0 bridgehead atoms. The summed E-state index contributed by atoms with van der Waals surface area (Å²) in [6.07, 6.45) is 6.68. The number of amides is 1. The maximum absolute atomic E-state index is 11.9. The predicted molar refractivity (Wildman–Crippen MR) is 106 cm³/mol. The molecule has 0 saturated heterocycles. The number of hydrogen-bond donors (Lipinski definition) is 2. The first-order valence-corrected chi connectivity index (χ1v) is 9.57. The normalized spacial score (nSPS) is 13.6. The second-order valence-electron chi connectivity index (χ2n) is 6.31. The Morgan fingerprint density at radius 1 is 1.16 bits per heavy atom. The van der Waals surface area contributed by atoms with Crippen molar-refractivity contribution < 1.29 is 9.90 Å². The molecule has 3 nitrogen and oxygen atoms in total. The van der Waals surface area contributed by atoms with Crippen molar-refractivity contribution in [1.82, 2.24) is 5.32 Å². The first kappa shape index (κ1) is 19.3. The number of aliphatic hydroxyl groups is 1. The molecule has 1 amide bonds. The fourth-order valence-electron chi connectivity index (χ4n) is 2.37. The van der Waals surface area contributed by atoms with Crippen molar-refractivity contribution in [2.24, 2.45) is 0 Å². The van der Waals surface area contributed by atoms with E-state index in [1.54, 1.807) is 24.8 Å². The molecule has 0 spiro atoms. The van der Waals surface area contributed by atoms with Gasteiger partial charge in [0.25, 0.3) is 0 Å². The molecule has 0 radical (unpaired) electrons. The second kappa shape index (κ2) is 9.44. The molecule has 0 aliphatic heterocycles. The lowest BCUT2D eigenvalue weighted by atomic mass is 9.97. The highest BCUT2D eigenvalue weighted by atomic mass is 32.2. The van der Waals surface area contributed by atoms with Crippen LogP contribution >= 0.6 is 11.8 Å². The topological polar surface area (TPSA) is 49.3 Å². The van der Waals surface area contributed by atoms with Gasteiger partial charge in [0, 0.05) is 17.5 Å². The third-order valence-electron chi connectivity index (χ3n) is 3.98. The van der Waals surface area contributed by atoms with E-state index in [0.717, 1.165) is 12.0 Å². The van der Waals surface area contributed by atoms with E-state index in [4.69, 9.17) is 0 Å². The van der Waals surface area contributed by atoms with E-state index >= 15 is 0 Å². The van der Waals surface area contributed by atoms with Gasteiger partial charge in [-0.1, -0.05) is 42.5 Å². The fraction of sp³-hybridized carbons (Fsp3) is 0.286. The van der Waals surface area contributed by atoms with E-state index in [2.05, 4.69) is 5.32 Å². The Balaban J connectivity index is 1.78. The van der Waals surface area contributed by atoms with Crippen molar-refractivity contribution in [3.8, 4) is 0 Å². The van der Waals surface area contributed by atoms with Crippen LogP contribution in [0.2, 0.25) is 0 Å². The minimum atomic E-state index is -0.931. The first-order chi connectivity index (χ1) is 12.0. The number of nitrogens with one attached hydrogen (secondary N) is 1. The van der Waals surface area contributed by atoms with E-state index in [9.17, 15) is 9.90 Å². The Kier molecular flexibility index (Phi) is 7.29. The van der Waals surface area contributed by atoms with Gasteiger partial charge < -0.3 is 10.4 Å². The second-order valence-corrected chi connectivity index (χ2v) is 7.19. The summed E-state index contributed by atoms with van der Waals surface area (Å²) in [5.41, 5.74) is 1.23. The summed E-state index contributed by atoms with van der Waals surface area (Å²) >= 11 is 1.68. The Bertz CT molecular complexity index is 694. The molecule has 2 aromatic rings. The minimum absolute atomic E-state index is 0.200. The predicted octanol–water partition coefficient (Wildman–Crippen LogP) is 3.92. The van der Waals surface area contributed by atoms with E-state index in [1.807, 2.05) is 60.9 Å². The van der Waals surface area contributed by atoms with Crippen LogP contribution in [0.15, 0.2) is 65.6 Å². The minimum Gasteiger partial charge on any atom is -0.388 e. The lowest BCUT2D eigenvalue weighted by molar-refractivity contribution is -0.117. The van der Waals surface area contributed by atoms with Crippen LogP contribution in [0, 0.1) is 0 Å². The Morgan fingerprint density at radius 2 is 1.84 bits per heavy atom. The molecule has 0 aromatic heterocycles. The van der Waals surface area contributed by atoms with Crippen LogP contribution in [0.3, 0.4) is 0 Å². The summed E-state index contributed by atoms with van der Waals surface area (Å²) < 4.78 is 0. The van der Waals surface area contributed by atoms with Crippen LogP contribution in [0.5, 0.6) is 0 Å². The maximum atomic E-state index is 11.9. The van der Waals surface area contributed by atoms with Gasteiger partial charge in [-0.25, -0.2) is 0 Å². The zero-order valence-corrected chi connectivity index (χ0v) is 15.6. The van der Waals surface area contributed by atoms with Crippen LogP contribution in [-0.4, -0.2) is 29.4 Å². The third-order valence-corrected chi connectivity index (χ3v) is 4.73. The molecule has 132 valence electrons. The van der Waals surface area contributed by atoms with Crippen LogP contribution in [0.4, 0.5) is 0 Å². The van der Waals surface area contributed by atoms with Crippen molar-refractivity contribution in [3.05, 3.63) is 71.8 Å². The average Bonchev–Trinajstić information content (AvgIpc) is 2.64. The Morgan fingerprint density at radius 3 is 2.48 bits per heavy atom. The van der Waals surface area contributed by atoms with E-state index in [-0.39, 0.29) is 12.5 Å². The van der Waals surface area contributed by atoms with E-state index < -0.39 is 5.60 Å². The molecule has 2 aromatic carbocycles. The summed E-state index contributed by atoms with van der Waals surface area (Å²) in [5, 5.41) is 13.2. The quantitative estimate of drug-likeness (QED) is 0.557. The van der Waals surface area contributed by atoms with Gasteiger partial charge in [-0.15, -0.1) is 11.8 Å². The molecule has 2 N–H and O–H groups in total. The zero-order chi connectivity index (χ0) is 18.1. The van der Waals surface area contributed by atoms with Crippen molar-refractivity contribution >= 4 is 23.7 Å². The molecule has 2 rings (SSSR count). The van der Waals surface area contributed by atoms with Gasteiger partial charge in [-0.3, -0.25) is 4.79 Å². The molecule has 0 aliphatic rings. The van der Waals surface area contributed by atoms with Gasteiger partial charge in [-0.2, -0.15) is 0 Å². The van der Waals surface area contributed by atoms with Crippen LogP contribution in [-0.2, 0) is 11.2 Å². The van der Waals surface area contributed by atoms with Crippen molar-refractivity contribution in [2.45, 2.75) is 30.3 Å². The van der Waals surface area contributed by atoms with Gasteiger partial charge in [0.15, 0.2) is 0 Å². The lowest BCUT2D eigenvalue weighted by Gasteiger charge is -2.23. The summed E-state index contributed by atoms with van der Waals surface area (Å²) in [6.45, 7) is 1.98. The fourth-order valence-corrected chi connectivity index (χ4v) is 2.78. The van der Waals surface area contributed by atoms with Crippen molar-refractivity contribution in [3.63, 3.8) is 0 Å². The number of benzene rings is 2. The monoisotopic (exact) mass is 355 g/mol. The molecular weight excluding hydrogens is 330 g/mol. The summed E-state index contributed by atoms with van der Waals surface area (Å²) in [5.74, 6) is -0.200. The molecule has 1 atom stereocenters. The van der Waals surface area contributed by atoms with Gasteiger partial charge in [0.2, 0.25) is 5.91 Å². The zero-order valence-electron chi connectivity index (χ0n) is 14.7. The molecule has 0 aliphatic carbocycles. The summed E-state index contributed by atoms with van der Waals surface area (Å²) in [7, 11) is 0. The van der Waals surface area contributed by atoms with Crippen LogP contribution < -0.4 is 5.32 Å².